The van der Waals surface area contributed by atoms with Crippen LogP contribution in [0.2, 0.25) is 0 Å². The Kier molecular flexibility index (Phi) is 6.59. The van der Waals surface area contributed by atoms with Crippen molar-refractivity contribution in [3.05, 3.63) is 100 Å². The van der Waals surface area contributed by atoms with Gasteiger partial charge in [-0.25, -0.2) is 9.78 Å². The SMILES string of the molecule is CCOc1cccc(-c2cc(C(=O)Nc3sc4c(c3C(=O)OC)-c3ccccc3CC4)c3ccccc3n2)c1. The number of carbonyl (C=O) groups is 2. The number of benzene rings is 3. The number of ether oxygens (including phenoxy) is 2. The fourth-order valence-corrected chi connectivity index (χ4v) is 6.34. The van der Waals surface area contributed by atoms with E-state index in [4.69, 9.17) is 14.5 Å². The quantitative estimate of drug-likeness (QED) is 0.234. The second-order valence-electron chi connectivity index (χ2n) is 9.24. The average Bonchev–Trinajstić information content (AvgIpc) is 3.34. The second-order valence-corrected chi connectivity index (χ2v) is 10.3. The van der Waals surface area contributed by atoms with Gasteiger partial charge in [0, 0.05) is 21.4 Å². The minimum atomic E-state index is -0.465. The van der Waals surface area contributed by atoms with Crippen molar-refractivity contribution in [2.24, 2.45) is 0 Å². The third-order valence-electron chi connectivity index (χ3n) is 6.91. The number of thiophene rings is 1. The van der Waals surface area contributed by atoms with Crippen LogP contribution in [0.25, 0.3) is 33.3 Å². The summed E-state index contributed by atoms with van der Waals surface area (Å²) in [5.41, 5.74) is 6.14. The molecule has 7 heteroatoms. The molecule has 0 unspecified atom stereocenters. The third kappa shape index (κ3) is 4.55. The molecule has 0 spiro atoms. The number of esters is 1. The molecule has 0 bridgehead atoms. The molecule has 3 aromatic carbocycles. The number of anilines is 1. The van der Waals surface area contributed by atoms with E-state index < -0.39 is 5.97 Å². The molecule has 1 N–H and O–H groups in total. The summed E-state index contributed by atoms with van der Waals surface area (Å²) in [7, 11) is 1.37. The standard InChI is InChI=1S/C32H26N2O4S/c1-3-38-21-11-8-10-20(17-21)26-18-24(23-13-6-7-14-25(23)33-26)30(35)34-31-29(32(36)37-2)28-22-12-5-4-9-19(22)15-16-27(28)39-31/h4-14,17-18H,3,15-16H2,1-2H3,(H,34,35). The maximum Gasteiger partial charge on any atom is 0.341 e. The lowest BCUT2D eigenvalue weighted by atomic mass is 9.88. The van der Waals surface area contributed by atoms with Crippen LogP contribution in [-0.4, -0.2) is 30.6 Å². The van der Waals surface area contributed by atoms with Crippen molar-refractivity contribution < 1.29 is 19.1 Å². The molecule has 2 aromatic heterocycles. The van der Waals surface area contributed by atoms with E-state index in [0.717, 1.165) is 45.5 Å². The highest BCUT2D eigenvalue weighted by Crippen LogP contribution is 2.45. The normalized spacial score (nSPS) is 11.9. The van der Waals surface area contributed by atoms with Gasteiger partial charge in [-0.05, 0) is 55.2 Å². The van der Waals surface area contributed by atoms with E-state index in [9.17, 15) is 9.59 Å². The summed E-state index contributed by atoms with van der Waals surface area (Å²) in [5.74, 6) is -0.0384. The van der Waals surface area contributed by atoms with Crippen molar-refractivity contribution in [3.63, 3.8) is 0 Å². The highest BCUT2D eigenvalue weighted by molar-refractivity contribution is 7.17. The van der Waals surface area contributed by atoms with Crippen LogP contribution in [0.1, 0.15) is 38.1 Å². The van der Waals surface area contributed by atoms with Crippen LogP contribution < -0.4 is 10.1 Å². The van der Waals surface area contributed by atoms with Gasteiger partial charge >= 0.3 is 5.97 Å². The van der Waals surface area contributed by atoms with Gasteiger partial charge in [0.2, 0.25) is 0 Å². The molecule has 0 saturated carbocycles. The summed E-state index contributed by atoms with van der Waals surface area (Å²) in [6, 6.07) is 25.1. The molecule has 6 nitrogen and oxygen atoms in total. The first-order chi connectivity index (χ1) is 19.1. The summed E-state index contributed by atoms with van der Waals surface area (Å²) in [6.45, 7) is 2.49. The number of hydrogen-bond acceptors (Lipinski definition) is 6. The lowest BCUT2D eigenvalue weighted by molar-refractivity contribution is 0.0603. The predicted molar refractivity (Wildman–Crippen MR) is 155 cm³/mol. The average molecular weight is 535 g/mol. The Bertz CT molecular complexity index is 1740. The topological polar surface area (TPSA) is 77.5 Å². The van der Waals surface area contributed by atoms with E-state index in [-0.39, 0.29) is 5.91 Å². The molecule has 1 amide bonds. The molecule has 6 rings (SSSR count). The summed E-state index contributed by atoms with van der Waals surface area (Å²) in [4.78, 5) is 32.8. The third-order valence-corrected chi connectivity index (χ3v) is 8.07. The summed E-state index contributed by atoms with van der Waals surface area (Å²) in [5, 5.41) is 4.28. The number of fused-ring (bicyclic) bond motifs is 4. The van der Waals surface area contributed by atoms with Crippen LogP contribution in [0.4, 0.5) is 5.00 Å². The Morgan fingerprint density at radius 1 is 0.974 bits per heavy atom. The molecular formula is C32H26N2O4S. The minimum Gasteiger partial charge on any atom is -0.494 e. The van der Waals surface area contributed by atoms with Crippen molar-refractivity contribution in [1.82, 2.24) is 4.98 Å². The molecule has 2 heterocycles. The number of carbonyl (C=O) groups excluding carboxylic acids is 2. The molecule has 1 aliphatic rings. The van der Waals surface area contributed by atoms with Crippen molar-refractivity contribution in [2.45, 2.75) is 19.8 Å². The first-order valence-electron chi connectivity index (χ1n) is 12.8. The molecule has 1 aliphatic carbocycles. The van der Waals surface area contributed by atoms with Gasteiger partial charge in [-0.2, -0.15) is 0 Å². The summed E-state index contributed by atoms with van der Waals surface area (Å²) < 4.78 is 10.9. The van der Waals surface area contributed by atoms with Gasteiger partial charge in [0.25, 0.3) is 5.91 Å². The van der Waals surface area contributed by atoms with Crippen LogP contribution in [0, 0.1) is 0 Å². The zero-order chi connectivity index (χ0) is 26.9. The zero-order valence-electron chi connectivity index (χ0n) is 21.6. The summed E-state index contributed by atoms with van der Waals surface area (Å²) >= 11 is 1.44. The van der Waals surface area contributed by atoms with E-state index in [1.54, 1.807) is 6.07 Å². The van der Waals surface area contributed by atoms with E-state index in [1.807, 2.05) is 73.7 Å². The molecule has 194 valence electrons. The Morgan fingerprint density at radius 3 is 2.64 bits per heavy atom. The van der Waals surface area contributed by atoms with Crippen molar-refractivity contribution in [2.75, 3.05) is 19.0 Å². The van der Waals surface area contributed by atoms with Gasteiger partial charge < -0.3 is 14.8 Å². The number of methoxy groups -OCH3 is 1. The first kappa shape index (κ1) is 24.8. The number of amides is 1. The number of hydrogen-bond donors (Lipinski definition) is 1. The largest absolute Gasteiger partial charge is 0.494 e. The maximum absolute atomic E-state index is 13.9. The molecule has 0 radical (unpaired) electrons. The van der Waals surface area contributed by atoms with Gasteiger partial charge in [-0.3, -0.25) is 4.79 Å². The fraction of sp³-hybridized carbons (Fsp3) is 0.156. The van der Waals surface area contributed by atoms with Crippen LogP contribution >= 0.6 is 11.3 Å². The van der Waals surface area contributed by atoms with Gasteiger partial charge in [-0.1, -0.05) is 54.6 Å². The number of aromatic nitrogens is 1. The first-order valence-corrected chi connectivity index (χ1v) is 13.7. The fourth-order valence-electron chi connectivity index (χ4n) is 5.15. The van der Waals surface area contributed by atoms with Crippen molar-refractivity contribution in [1.29, 1.82) is 0 Å². The highest BCUT2D eigenvalue weighted by Gasteiger charge is 2.30. The summed E-state index contributed by atoms with van der Waals surface area (Å²) in [6.07, 6.45) is 1.69. The number of nitrogens with one attached hydrogen (secondary N) is 1. The number of pyridine rings is 1. The molecule has 0 saturated heterocycles. The minimum absolute atomic E-state index is 0.312. The predicted octanol–water partition coefficient (Wildman–Crippen LogP) is 7.17. The molecule has 39 heavy (non-hydrogen) atoms. The number of para-hydroxylation sites is 1. The molecule has 0 fully saturated rings. The van der Waals surface area contributed by atoms with Gasteiger partial charge in [0.15, 0.2) is 0 Å². The Balaban J connectivity index is 1.45. The Hall–Kier alpha value is -4.49. The lowest BCUT2D eigenvalue weighted by Gasteiger charge is -2.17. The lowest BCUT2D eigenvalue weighted by Crippen LogP contribution is -2.15. The molecule has 0 atom stereocenters. The van der Waals surface area contributed by atoms with E-state index in [1.165, 1.54) is 24.0 Å². The van der Waals surface area contributed by atoms with Gasteiger partial charge in [0.1, 0.15) is 16.3 Å². The van der Waals surface area contributed by atoms with Crippen molar-refractivity contribution in [3.8, 4) is 28.1 Å². The van der Waals surface area contributed by atoms with Crippen molar-refractivity contribution >= 4 is 39.1 Å². The number of rotatable bonds is 6. The maximum atomic E-state index is 13.9. The monoisotopic (exact) mass is 534 g/mol. The Labute approximate surface area is 230 Å². The number of aryl methyl sites for hydroxylation is 2. The van der Waals surface area contributed by atoms with Crippen LogP contribution in [0.3, 0.4) is 0 Å². The van der Waals surface area contributed by atoms with Crippen LogP contribution in [0.5, 0.6) is 5.75 Å². The van der Waals surface area contributed by atoms with Crippen LogP contribution in [-0.2, 0) is 17.6 Å². The highest BCUT2D eigenvalue weighted by atomic mass is 32.1. The molecule has 0 aliphatic heterocycles. The zero-order valence-corrected chi connectivity index (χ0v) is 22.4. The van der Waals surface area contributed by atoms with Gasteiger partial charge in [0.05, 0.1) is 30.5 Å². The van der Waals surface area contributed by atoms with E-state index in [0.29, 0.717) is 33.9 Å². The molecular weight excluding hydrogens is 508 g/mol. The smallest absolute Gasteiger partial charge is 0.341 e. The van der Waals surface area contributed by atoms with E-state index in [2.05, 4.69) is 11.4 Å². The van der Waals surface area contributed by atoms with E-state index >= 15 is 0 Å². The molecule has 5 aromatic rings. The van der Waals surface area contributed by atoms with Gasteiger partial charge in [-0.15, -0.1) is 11.3 Å². The number of nitrogens with zero attached hydrogens (tertiary/aromatic N) is 1. The van der Waals surface area contributed by atoms with Crippen LogP contribution in [0.15, 0.2) is 78.9 Å². The Morgan fingerprint density at radius 2 is 1.79 bits per heavy atom. The second kappa shape index (κ2) is 10.3.